The van der Waals surface area contributed by atoms with Crippen molar-refractivity contribution < 1.29 is 9.84 Å². The number of piperidine rings is 1. The Morgan fingerprint density at radius 1 is 1.14 bits per heavy atom. The van der Waals surface area contributed by atoms with E-state index in [0.29, 0.717) is 5.41 Å². The molecule has 116 valence electrons. The summed E-state index contributed by atoms with van der Waals surface area (Å²) in [6.45, 7) is 4.03. The first-order valence-electron chi connectivity index (χ1n) is 8.25. The molecule has 0 bridgehead atoms. The zero-order chi connectivity index (χ0) is 14.9. The summed E-state index contributed by atoms with van der Waals surface area (Å²) < 4.78 is 5.44. The lowest BCUT2D eigenvalue weighted by Crippen LogP contribution is -2.39. The Morgan fingerprint density at radius 3 is 2.38 bits per heavy atom. The van der Waals surface area contributed by atoms with Crippen LogP contribution in [0.3, 0.4) is 0 Å². The molecule has 1 spiro atoms. The Kier molecular flexibility index (Phi) is 4.12. The number of methoxy groups -OCH3 is 1. The van der Waals surface area contributed by atoms with Gasteiger partial charge in [0.05, 0.1) is 13.2 Å². The molecule has 1 N–H and O–H groups in total. The molecule has 21 heavy (non-hydrogen) atoms. The predicted octanol–water partition coefficient (Wildman–Crippen LogP) is 3.91. The number of anilines is 1. The topological polar surface area (TPSA) is 32.7 Å². The summed E-state index contributed by atoms with van der Waals surface area (Å²) in [5.41, 5.74) is 2.71. The van der Waals surface area contributed by atoms with Crippen LogP contribution in [0.15, 0.2) is 18.2 Å². The van der Waals surface area contributed by atoms with Gasteiger partial charge in [0.2, 0.25) is 0 Å². The number of aliphatic hydroxyl groups is 1. The first-order chi connectivity index (χ1) is 10.2. The predicted molar refractivity (Wildman–Crippen MR) is 86.0 cm³/mol. The fraction of sp³-hybridized carbons (Fsp3) is 0.667. The Morgan fingerprint density at radius 2 is 1.81 bits per heavy atom. The molecule has 0 aromatic heterocycles. The van der Waals surface area contributed by atoms with Gasteiger partial charge in [-0.05, 0) is 50.2 Å². The van der Waals surface area contributed by atoms with Gasteiger partial charge in [0, 0.05) is 24.3 Å². The maximum Gasteiger partial charge on any atom is 0.126 e. The summed E-state index contributed by atoms with van der Waals surface area (Å²) in [5, 5.41) is 10.1. The summed E-state index contributed by atoms with van der Waals surface area (Å²) in [7, 11) is 1.68. The maximum absolute atomic E-state index is 10.1. The normalized spacial score (nSPS) is 22.5. The molecule has 2 fully saturated rings. The molecule has 3 heteroatoms. The first-order valence-corrected chi connectivity index (χ1v) is 8.25. The van der Waals surface area contributed by atoms with E-state index in [9.17, 15) is 5.11 Å². The SMILES string of the molecule is COc1cccc(N2CCC3(CCCC3)CC2)c1C(C)O. The highest BCUT2D eigenvalue weighted by molar-refractivity contribution is 5.60. The Labute approximate surface area is 127 Å². The van der Waals surface area contributed by atoms with Gasteiger partial charge in [-0.25, -0.2) is 0 Å². The molecule has 1 heterocycles. The molecule has 1 unspecified atom stereocenters. The van der Waals surface area contributed by atoms with E-state index in [4.69, 9.17) is 4.74 Å². The van der Waals surface area contributed by atoms with Gasteiger partial charge < -0.3 is 14.7 Å². The molecule has 1 aliphatic heterocycles. The summed E-state index contributed by atoms with van der Waals surface area (Å²) in [4.78, 5) is 2.44. The highest BCUT2D eigenvalue weighted by Gasteiger charge is 2.37. The van der Waals surface area contributed by atoms with Crippen LogP contribution >= 0.6 is 0 Å². The van der Waals surface area contributed by atoms with Gasteiger partial charge in [-0.1, -0.05) is 18.9 Å². The van der Waals surface area contributed by atoms with Crippen LogP contribution in [-0.4, -0.2) is 25.3 Å². The van der Waals surface area contributed by atoms with Gasteiger partial charge in [-0.2, -0.15) is 0 Å². The number of ether oxygens (including phenoxy) is 1. The van der Waals surface area contributed by atoms with Gasteiger partial charge >= 0.3 is 0 Å². The fourth-order valence-corrected chi connectivity index (χ4v) is 4.25. The molecule has 1 aromatic rings. The lowest BCUT2D eigenvalue weighted by Gasteiger charge is -2.41. The van der Waals surface area contributed by atoms with E-state index in [1.165, 1.54) is 38.5 Å². The average Bonchev–Trinajstić information content (AvgIpc) is 2.95. The Balaban J connectivity index is 1.81. The van der Waals surface area contributed by atoms with E-state index in [0.717, 1.165) is 30.1 Å². The fourth-order valence-electron chi connectivity index (χ4n) is 4.25. The summed E-state index contributed by atoms with van der Waals surface area (Å²) in [6, 6.07) is 6.09. The number of benzene rings is 1. The minimum absolute atomic E-state index is 0.501. The van der Waals surface area contributed by atoms with E-state index < -0.39 is 6.10 Å². The molecule has 1 saturated heterocycles. The summed E-state index contributed by atoms with van der Waals surface area (Å²) >= 11 is 0. The molecular weight excluding hydrogens is 262 g/mol. The van der Waals surface area contributed by atoms with Gasteiger partial charge in [0.1, 0.15) is 5.75 Å². The zero-order valence-corrected chi connectivity index (χ0v) is 13.3. The van der Waals surface area contributed by atoms with Crippen molar-refractivity contribution in [2.75, 3.05) is 25.1 Å². The van der Waals surface area contributed by atoms with Crippen molar-refractivity contribution >= 4 is 5.69 Å². The second-order valence-corrected chi connectivity index (χ2v) is 6.76. The second-order valence-electron chi connectivity index (χ2n) is 6.76. The maximum atomic E-state index is 10.1. The van der Waals surface area contributed by atoms with Crippen LogP contribution in [0.2, 0.25) is 0 Å². The average molecular weight is 289 g/mol. The third kappa shape index (κ3) is 2.76. The van der Waals surface area contributed by atoms with Crippen molar-refractivity contribution in [2.45, 2.75) is 51.6 Å². The molecule has 0 radical (unpaired) electrons. The van der Waals surface area contributed by atoms with Crippen LogP contribution in [0.25, 0.3) is 0 Å². The molecule has 0 amide bonds. The molecule has 2 aliphatic rings. The smallest absolute Gasteiger partial charge is 0.126 e. The molecule has 3 nitrogen and oxygen atoms in total. The summed E-state index contributed by atoms with van der Waals surface area (Å²) in [6.07, 6.45) is 7.76. The van der Waals surface area contributed by atoms with E-state index in [2.05, 4.69) is 11.0 Å². The van der Waals surface area contributed by atoms with Crippen LogP contribution in [0.4, 0.5) is 5.69 Å². The van der Waals surface area contributed by atoms with Crippen molar-refractivity contribution in [3.05, 3.63) is 23.8 Å². The van der Waals surface area contributed by atoms with E-state index in [1.807, 2.05) is 19.1 Å². The third-order valence-corrected chi connectivity index (χ3v) is 5.51. The lowest BCUT2D eigenvalue weighted by molar-refractivity contribution is 0.193. The highest BCUT2D eigenvalue weighted by Crippen LogP contribution is 2.47. The molecule has 1 atom stereocenters. The van der Waals surface area contributed by atoms with Crippen molar-refractivity contribution in [2.24, 2.45) is 5.41 Å². The van der Waals surface area contributed by atoms with Gasteiger partial charge in [0.25, 0.3) is 0 Å². The molecular formula is C18H27NO2. The number of rotatable bonds is 3. The quantitative estimate of drug-likeness (QED) is 0.915. The van der Waals surface area contributed by atoms with Crippen molar-refractivity contribution in [1.29, 1.82) is 0 Å². The van der Waals surface area contributed by atoms with Crippen LogP contribution < -0.4 is 9.64 Å². The van der Waals surface area contributed by atoms with Crippen LogP contribution in [-0.2, 0) is 0 Å². The number of hydrogen-bond acceptors (Lipinski definition) is 3. The second kappa shape index (κ2) is 5.88. The molecule has 3 rings (SSSR count). The van der Waals surface area contributed by atoms with E-state index in [-0.39, 0.29) is 0 Å². The van der Waals surface area contributed by atoms with E-state index >= 15 is 0 Å². The van der Waals surface area contributed by atoms with Crippen molar-refractivity contribution in [1.82, 2.24) is 0 Å². The van der Waals surface area contributed by atoms with Crippen molar-refractivity contribution in [3.63, 3.8) is 0 Å². The number of aliphatic hydroxyl groups excluding tert-OH is 1. The van der Waals surface area contributed by atoms with Crippen LogP contribution in [0.5, 0.6) is 5.75 Å². The van der Waals surface area contributed by atoms with Gasteiger partial charge in [-0.3, -0.25) is 0 Å². The third-order valence-electron chi connectivity index (χ3n) is 5.51. The summed E-state index contributed by atoms with van der Waals surface area (Å²) in [5.74, 6) is 0.795. The minimum Gasteiger partial charge on any atom is -0.496 e. The number of hydrogen-bond donors (Lipinski definition) is 1. The van der Waals surface area contributed by atoms with Crippen LogP contribution in [0.1, 0.15) is 57.1 Å². The Bertz CT molecular complexity index is 482. The minimum atomic E-state index is -0.501. The molecule has 1 aromatic carbocycles. The molecule has 1 aliphatic carbocycles. The Hall–Kier alpha value is -1.22. The highest BCUT2D eigenvalue weighted by atomic mass is 16.5. The van der Waals surface area contributed by atoms with Gasteiger partial charge in [-0.15, -0.1) is 0 Å². The van der Waals surface area contributed by atoms with Crippen LogP contribution in [0, 0.1) is 5.41 Å². The monoisotopic (exact) mass is 289 g/mol. The standard InChI is InChI=1S/C18H27NO2/c1-14(20)17-15(6-5-7-16(17)21-2)19-12-10-18(11-13-19)8-3-4-9-18/h5-7,14,20H,3-4,8-13H2,1-2H3. The van der Waals surface area contributed by atoms with E-state index in [1.54, 1.807) is 7.11 Å². The zero-order valence-electron chi connectivity index (χ0n) is 13.3. The van der Waals surface area contributed by atoms with Gasteiger partial charge in [0.15, 0.2) is 0 Å². The first kappa shape index (κ1) is 14.7. The molecule has 1 saturated carbocycles. The van der Waals surface area contributed by atoms with Crippen molar-refractivity contribution in [3.8, 4) is 5.75 Å². The number of nitrogens with zero attached hydrogens (tertiary/aromatic N) is 1. The largest absolute Gasteiger partial charge is 0.496 e. The lowest BCUT2D eigenvalue weighted by atomic mass is 9.77.